The van der Waals surface area contributed by atoms with Crippen LogP contribution in [0.3, 0.4) is 0 Å². The minimum atomic E-state index is -0.611. The van der Waals surface area contributed by atoms with Crippen LogP contribution in [-0.2, 0) is 6.42 Å². The first-order valence-electron chi connectivity index (χ1n) is 8.93. The Morgan fingerprint density at radius 3 is 2.87 bits per heavy atom. The molecular weight excluding hydrogens is 489 g/mol. The average Bonchev–Trinajstić information content (AvgIpc) is 3.11. The number of nitriles is 1. The Bertz CT molecular complexity index is 1380. The monoisotopic (exact) mass is 499 g/mol. The Balaban J connectivity index is 1.74. The second-order valence-electron chi connectivity index (χ2n) is 6.56. The Morgan fingerprint density at radius 1 is 1.32 bits per heavy atom. The lowest BCUT2D eigenvalue weighted by Gasteiger charge is -2.12. The van der Waals surface area contributed by atoms with E-state index in [0.717, 1.165) is 4.68 Å². The highest BCUT2D eigenvalue weighted by Crippen LogP contribution is 2.36. The topological polar surface area (TPSA) is 93.7 Å². The van der Waals surface area contributed by atoms with E-state index in [4.69, 9.17) is 21.6 Å². The minimum absolute atomic E-state index is 0.0567. The van der Waals surface area contributed by atoms with Crippen LogP contribution in [0.1, 0.15) is 28.5 Å². The molecule has 0 saturated heterocycles. The molecule has 0 N–H and O–H groups in total. The van der Waals surface area contributed by atoms with Crippen LogP contribution in [0.15, 0.2) is 47.1 Å². The summed E-state index contributed by atoms with van der Waals surface area (Å²) in [6.45, 7) is 1.36. The molecule has 2 aromatic heterocycles. The normalized spacial score (nSPS) is 10.8. The van der Waals surface area contributed by atoms with E-state index in [-0.39, 0.29) is 29.4 Å². The van der Waals surface area contributed by atoms with Crippen molar-refractivity contribution in [3.8, 4) is 17.6 Å². The van der Waals surface area contributed by atoms with Crippen molar-refractivity contribution < 1.29 is 13.9 Å². The maximum atomic E-state index is 15.4. The molecular formula is C21H12BrClFN5O2. The summed E-state index contributed by atoms with van der Waals surface area (Å²) in [5.74, 6) is -0.771. The van der Waals surface area contributed by atoms with E-state index >= 15 is 4.39 Å². The molecule has 31 heavy (non-hydrogen) atoms. The number of nitrogens with zero attached hydrogens (tertiary/aromatic N) is 5. The van der Waals surface area contributed by atoms with E-state index in [2.05, 4.69) is 31.2 Å². The van der Waals surface area contributed by atoms with Crippen molar-refractivity contribution in [1.29, 1.82) is 5.26 Å². The van der Waals surface area contributed by atoms with Crippen molar-refractivity contribution in [3.63, 3.8) is 0 Å². The maximum Gasteiger partial charge on any atom is 0.245 e. The van der Waals surface area contributed by atoms with Gasteiger partial charge in [0.15, 0.2) is 17.2 Å². The summed E-state index contributed by atoms with van der Waals surface area (Å²) in [6, 6.07) is 11.3. The summed E-state index contributed by atoms with van der Waals surface area (Å²) in [7, 11) is 0. The fourth-order valence-electron chi connectivity index (χ4n) is 3.07. The molecule has 0 aliphatic carbocycles. The highest BCUT2D eigenvalue weighted by molar-refractivity contribution is 9.10. The fraction of sp³-hybridized carbons (Fsp3) is 0.0952. The summed E-state index contributed by atoms with van der Waals surface area (Å²) in [6.07, 6.45) is 1.58. The van der Waals surface area contributed by atoms with Gasteiger partial charge in [0.25, 0.3) is 0 Å². The van der Waals surface area contributed by atoms with Crippen LogP contribution >= 0.6 is 27.5 Å². The molecule has 7 nitrogen and oxygen atoms in total. The van der Waals surface area contributed by atoms with Crippen LogP contribution in [0.4, 0.5) is 4.39 Å². The summed E-state index contributed by atoms with van der Waals surface area (Å²) in [5, 5.41) is 22.0. The van der Waals surface area contributed by atoms with Crippen molar-refractivity contribution in [2.45, 2.75) is 13.3 Å². The third kappa shape index (κ3) is 4.13. The molecule has 0 saturated carbocycles. The van der Waals surface area contributed by atoms with E-state index in [0.29, 0.717) is 31.8 Å². The largest absolute Gasteiger partial charge is 0.453 e. The first kappa shape index (κ1) is 20.9. The van der Waals surface area contributed by atoms with Gasteiger partial charge in [-0.05, 0) is 51.8 Å². The van der Waals surface area contributed by atoms with Gasteiger partial charge in [-0.25, -0.2) is 4.39 Å². The molecule has 0 aliphatic rings. The lowest BCUT2D eigenvalue weighted by molar-refractivity contribution is 0.0925. The number of benzene rings is 2. The lowest BCUT2D eigenvalue weighted by atomic mass is 10.1. The second-order valence-corrected chi connectivity index (χ2v) is 7.85. The predicted molar refractivity (Wildman–Crippen MR) is 115 cm³/mol. The van der Waals surface area contributed by atoms with Crippen molar-refractivity contribution in [1.82, 2.24) is 20.0 Å². The van der Waals surface area contributed by atoms with Gasteiger partial charge >= 0.3 is 0 Å². The van der Waals surface area contributed by atoms with E-state index in [1.165, 1.54) is 31.3 Å². The van der Waals surface area contributed by atoms with Crippen LogP contribution in [0.5, 0.6) is 11.5 Å². The molecule has 0 amide bonds. The van der Waals surface area contributed by atoms with Crippen LogP contribution in [0.2, 0.25) is 5.02 Å². The second kappa shape index (κ2) is 8.41. The van der Waals surface area contributed by atoms with Gasteiger partial charge in [0, 0.05) is 23.8 Å². The molecule has 10 heteroatoms. The van der Waals surface area contributed by atoms with Gasteiger partial charge in [0.2, 0.25) is 5.91 Å². The van der Waals surface area contributed by atoms with Crippen LogP contribution in [0.25, 0.3) is 11.0 Å². The van der Waals surface area contributed by atoms with Gasteiger partial charge in [-0.3, -0.25) is 4.79 Å². The highest BCUT2D eigenvalue weighted by atomic mass is 79.9. The molecule has 0 bridgehead atoms. The van der Waals surface area contributed by atoms with Gasteiger partial charge in [0.1, 0.15) is 5.75 Å². The minimum Gasteiger partial charge on any atom is -0.453 e. The summed E-state index contributed by atoms with van der Waals surface area (Å²) >= 11 is 9.31. The number of carbonyl (C=O) groups is 1. The zero-order chi connectivity index (χ0) is 22.1. The van der Waals surface area contributed by atoms with E-state index in [9.17, 15) is 4.79 Å². The van der Waals surface area contributed by atoms with Crippen LogP contribution in [0, 0.1) is 17.1 Å². The molecule has 2 heterocycles. The van der Waals surface area contributed by atoms with Gasteiger partial charge in [-0.15, -0.1) is 5.10 Å². The average molecular weight is 501 g/mol. The number of aromatic nitrogens is 4. The number of hydrogen-bond acceptors (Lipinski definition) is 6. The van der Waals surface area contributed by atoms with Gasteiger partial charge in [-0.1, -0.05) is 17.7 Å². The fourth-order valence-corrected chi connectivity index (χ4v) is 3.68. The number of hydrogen-bond donors (Lipinski definition) is 0. The Kier molecular flexibility index (Phi) is 5.67. The molecule has 0 fully saturated rings. The maximum absolute atomic E-state index is 15.4. The molecule has 2 aromatic carbocycles. The number of rotatable bonds is 4. The molecule has 0 spiro atoms. The summed E-state index contributed by atoms with van der Waals surface area (Å²) in [5.41, 5.74) is 1.37. The third-order valence-corrected chi connectivity index (χ3v) is 5.28. The lowest BCUT2D eigenvalue weighted by Crippen LogP contribution is -2.09. The highest BCUT2D eigenvalue weighted by Gasteiger charge is 2.20. The zero-order valence-electron chi connectivity index (χ0n) is 15.9. The number of carbonyl (C=O) groups excluding carboxylic acids is 1. The van der Waals surface area contributed by atoms with Crippen molar-refractivity contribution in [2.75, 3.05) is 0 Å². The first-order valence-corrected chi connectivity index (χ1v) is 10.1. The zero-order valence-corrected chi connectivity index (χ0v) is 18.3. The van der Waals surface area contributed by atoms with Crippen LogP contribution in [-0.4, -0.2) is 25.9 Å². The van der Waals surface area contributed by atoms with E-state index in [1.807, 2.05) is 6.07 Å². The number of ether oxygens (including phenoxy) is 1. The van der Waals surface area contributed by atoms with Crippen molar-refractivity contribution in [2.24, 2.45) is 0 Å². The Hall–Kier alpha value is -3.35. The van der Waals surface area contributed by atoms with E-state index in [1.54, 1.807) is 18.2 Å². The molecule has 4 rings (SSSR count). The van der Waals surface area contributed by atoms with Gasteiger partial charge in [0.05, 0.1) is 28.0 Å². The van der Waals surface area contributed by atoms with Crippen molar-refractivity contribution in [3.05, 3.63) is 74.7 Å². The van der Waals surface area contributed by atoms with Crippen LogP contribution < -0.4 is 4.74 Å². The SMILES string of the molecule is CC(=O)n1nc(Cc2ccc(Br)c(Oc3cc(Cl)cc(C#N)c3)c2F)c2ccnnc21. The molecule has 4 aromatic rings. The van der Waals surface area contributed by atoms with Gasteiger partial charge in [-0.2, -0.15) is 20.1 Å². The standard InChI is InChI=1S/C21H12BrClFN5O2/c1-11(30)29-21-16(4-5-26-27-21)18(28-29)8-13-2-3-17(22)20(19(13)24)31-15-7-12(10-25)6-14(23)9-15/h2-7,9H,8H2,1H3. The van der Waals surface area contributed by atoms with Gasteiger partial charge < -0.3 is 4.74 Å². The predicted octanol–water partition coefficient (Wildman–Crippen LogP) is 5.30. The Morgan fingerprint density at radius 2 is 2.13 bits per heavy atom. The number of fused-ring (bicyclic) bond motifs is 1. The molecule has 0 unspecified atom stereocenters. The number of halogens is 3. The van der Waals surface area contributed by atoms with E-state index < -0.39 is 5.82 Å². The molecule has 0 aliphatic heterocycles. The third-order valence-electron chi connectivity index (χ3n) is 4.44. The Labute approximate surface area is 189 Å². The quantitative estimate of drug-likeness (QED) is 0.378. The molecule has 0 atom stereocenters. The molecule has 154 valence electrons. The first-order chi connectivity index (χ1) is 14.9. The summed E-state index contributed by atoms with van der Waals surface area (Å²) in [4.78, 5) is 11.9. The van der Waals surface area contributed by atoms with Crippen molar-refractivity contribution >= 4 is 44.5 Å². The smallest absolute Gasteiger partial charge is 0.245 e. The summed E-state index contributed by atoms with van der Waals surface area (Å²) < 4.78 is 22.6. The molecule has 0 radical (unpaired) electrons.